The molecule has 0 saturated carbocycles. The Morgan fingerprint density at radius 3 is 2.35 bits per heavy atom. The van der Waals surface area contributed by atoms with E-state index >= 15 is 0 Å². The lowest BCUT2D eigenvalue weighted by molar-refractivity contribution is -0.140. The Kier molecular flexibility index (Phi) is 10.1. The van der Waals surface area contributed by atoms with E-state index in [4.69, 9.17) is 4.74 Å². The van der Waals surface area contributed by atoms with Gasteiger partial charge in [-0.2, -0.15) is 0 Å². The van der Waals surface area contributed by atoms with Crippen LogP contribution in [0.5, 0.6) is 5.75 Å². The summed E-state index contributed by atoms with van der Waals surface area (Å²) in [6.45, 7) is 8.82. The quantitative estimate of drug-likeness (QED) is 0.509. The lowest BCUT2D eigenvalue weighted by Gasteiger charge is -2.29. The van der Waals surface area contributed by atoms with Crippen LogP contribution in [0.3, 0.4) is 0 Å². The molecule has 1 N–H and O–H groups in total. The molecule has 5 heteroatoms. The first kappa shape index (κ1) is 24.4. The van der Waals surface area contributed by atoms with Crippen molar-refractivity contribution < 1.29 is 14.3 Å². The molecule has 2 atom stereocenters. The molecule has 0 fully saturated rings. The fraction of sp³-hybridized carbons (Fsp3) is 0.462. The van der Waals surface area contributed by atoms with Crippen molar-refractivity contribution in [2.24, 2.45) is 0 Å². The van der Waals surface area contributed by atoms with Crippen molar-refractivity contribution in [3.8, 4) is 5.75 Å². The Bertz CT molecular complexity index is 805. The van der Waals surface area contributed by atoms with E-state index in [1.54, 1.807) is 4.90 Å². The number of nitrogens with zero attached hydrogens (tertiary/aromatic N) is 1. The molecule has 0 aromatic heterocycles. The summed E-state index contributed by atoms with van der Waals surface area (Å²) in [5.74, 6) is 0.683. The van der Waals surface area contributed by atoms with Gasteiger partial charge in [-0.05, 0) is 57.7 Å². The molecule has 2 amide bonds. The van der Waals surface area contributed by atoms with Crippen LogP contribution in [0.1, 0.15) is 51.2 Å². The molecule has 0 aliphatic carbocycles. The fourth-order valence-electron chi connectivity index (χ4n) is 3.23. The number of aryl methyl sites for hydroxylation is 1. The van der Waals surface area contributed by atoms with Crippen LogP contribution in [0.25, 0.3) is 0 Å². The predicted octanol–water partition coefficient (Wildman–Crippen LogP) is 4.53. The Balaban J connectivity index is 1.93. The molecular formula is C26H36N2O3. The van der Waals surface area contributed by atoms with Crippen LogP contribution in [0.4, 0.5) is 0 Å². The van der Waals surface area contributed by atoms with Crippen molar-refractivity contribution in [1.82, 2.24) is 10.2 Å². The minimum atomic E-state index is -0.511. The Labute approximate surface area is 186 Å². The largest absolute Gasteiger partial charge is 0.494 e. The zero-order chi connectivity index (χ0) is 22.6. The standard InChI is InChI=1S/C26H36N2O3/c1-5-21(3)27-26(30)22(4)28(18-17-23-10-7-6-8-11-23)25(29)12-9-19-31-24-15-13-20(2)14-16-24/h6-8,10-11,13-16,21-22H,5,9,12,17-19H2,1-4H3,(H,27,30)/t21-,22-/m0/s1. The number of amides is 2. The van der Waals surface area contributed by atoms with E-state index in [1.807, 2.05) is 82.3 Å². The van der Waals surface area contributed by atoms with E-state index in [-0.39, 0.29) is 17.9 Å². The number of hydrogen-bond acceptors (Lipinski definition) is 3. The summed E-state index contributed by atoms with van der Waals surface area (Å²) in [6, 6.07) is 17.5. The van der Waals surface area contributed by atoms with Crippen LogP contribution in [0, 0.1) is 6.92 Å². The number of nitrogens with one attached hydrogen (secondary N) is 1. The molecule has 0 aliphatic rings. The third-order valence-corrected chi connectivity index (χ3v) is 5.48. The molecule has 0 radical (unpaired) electrons. The van der Waals surface area contributed by atoms with Gasteiger partial charge < -0.3 is 15.0 Å². The zero-order valence-electron chi connectivity index (χ0n) is 19.3. The highest BCUT2D eigenvalue weighted by Gasteiger charge is 2.26. The van der Waals surface area contributed by atoms with Crippen molar-refractivity contribution in [2.75, 3.05) is 13.2 Å². The third kappa shape index (κ3) is 8.44. The fourth-order valence-corrected chi connectivity index (χ4v) is 3.23. The highest BCUT2D eigenvalue weighted by atomic mass is 16.5. The first-order chi connectivity index (χ1) is 14.9. The van der Waals surface area contributed by atoms with E-state index in [9.17, 15) is 9.59 Å². The number of benzene rings is 2. The highest BCUT2D eigenvalue weighted by Crippen LogP contribution is 2.13. The van der Waals surface area contributed by atoms with Gasteiger partial charge in [-0.25, -0.2) is 0 Å². The van der Waals surface area contributed by atoms with Gasteiger partial charge >= 0.3 is 0 Å². The summed E-state index contributed by atoms with van der Waals surface area (Å²) in [7, 11) is 0. The third-order valence-electron chi connectivity index (χ3n) is 5.48. The summed E-state index contributed by atoms with van der Waals surface area (Å²) >= 11 is 0. The van der Waals surface area contributed by atoms with Gasteiger partial charge in [-0.15, -0.1) is 0 Å². The van der Waals surface area contributed by atoms with Crippen LogP contribution in [0.2, 0.25) is 0 Å². The molecule has 2 aromatic carbocycles. The number of carbonyl (C=O) groups excluding carboxylic acids is 2. The SMILES string of the molecule is CC[C@H](C)NC(=O)[C@H](C)N(CCc1ccccc1)C(=O)CCCOc1ccc(C)cc1. The Morgan fingerprint density at radius 2 is 1.71 bits per heavy atom. The van der Waals surface area contributed by atoms with Crippen molar-refractivity contribution >= 4 is 11.8 Å². The van der Waals surface area contributed by atoms with E-state index in [0.29, 0.717) is 32.4 Å². The first-order valence-electron chi connectivity index (χ1n) is 11.2. The molecule has 31 heavy (non-hydrogen) atoms. The first-order valence-corrected chi connectivity index (χ1v) is 11.2. The summed E-state index contributed by atoms with van der Waals surface area (Å²) in [5.41, 5.74) is 2.33. The maximum atomic E-state index is 13.0. The topological polar surface area (TPSA) is 58.6 Å². The predicted molar refractivity (Wildman–Crippen MR) is 125 cm³/mol. The Hall–Kier alpha value is -2.82. The van der Waals surface area contributed by atoms with Crippen LogP contribution in [-0.2, 0) is 16.0 Å². The van der Waals surface area contributed by atoms with Gasteiger partial charge in [0.1, 0.15) is 11.8 Å². The molecule has 2 aromatic rings. The van der Waals surface area contributed by atoms with E-state index in [2.05, 4.69) is 5.32 Å². The summed E-state index contributed by atoms with van der Waals surface area (Å²) < 4.78 is 5.75. The normalized spacial score (nSPS) is 12.6. The number of rotatable bonds is 12. The van der Waals surface area contributed by atoms with Crippen LogP contribution >= 0.6 is 0 Å². The second kappa shape index (κ2) is 12.8. The van der Waals surface area contributed by atoms with Gasteiger partial charge in [-0.1, -0.05) is 55.0 Å². The van der Waals surface area contributed by atoms with Gasteiger partial charge in [0.25, 0.3) is 0 Å². The molecule has 0 spiro atoms. The molecule has 168 valence electrons. The smallest absolute Gasteiger partial charge is 0.242 e. The second-order valence-electron chi connectivity index (χ2n) is 8.08. The van der Waals surface area contributed by atoms with E-state index < -0.39 is 6.04 Å². The molecule has 5 nitrogen and oxygen atoms in total. The summed E-state index contributed by atoms with van der Waals surface area (Å²) in [5, 5.41) is 3.00. The molecule has 0 saturated heterocycles. The van der Waals surface area contributed by atoms with Crippen LogP contribution in [-0.4, -0.2) is 41.9 Å². The second-order valence-corrected chi connectivity index (χ2v) is 8.08. The average molecular weight is 425 g/mol. The molecule has 0 aliphatic heterocycles. The van der Waals surface area contributed by atoms with Crippen LogP contribution in [0.15, 0.2) is 54.6 Å². The Morgan fingerprint density at radius 1 is 1.03 bits per heavy atom. The van der Waals surface area contributed by atoms with Crippen molar-refractivity contribution in [2.45, 2.75) is 65.5 Å². The van der Waals surface area contributed by atoms with Gasteiger partial charge in [-0.3, -0.25) is 9.59 Å². The van der Waals surface area contributed by atoms with E-state index in [1.165, 1.54) is 5.56 Å². The minimum absolute atomic E-state index is 0.0183. The maximum absolute atomic E-state index is 13.0. The molecule has 0 bridgehead atoms. The lowest BCUT2D eigenvalue weighted by atomic mass is 10.1. The van der Waals surface area contributed by atoms with Crippen molar-refractivity contribution in [1.29, 1.82) is 0 Å². The minimum Gasteiger partial charge on any atom is -0.494 e. The molecular weight excluding hydrogens is 388 g/mol. The molecule has 0 heterocycles. The average Bonchev–Trinajstić information content (AvgIpc) is 2.78. The molecule has 2 rings (SSSR count). The highest BCUT2D eigenvalue weighted by molar-refractivity contribution is 5.87. The number of carbonyl (C=O) groups is 2. The zero-order valence-corrected chi connectivity index (χ0v) is 19.3. The van der Waals surface area contributed by atoms with Gasteiger partial charge in [0.15, 0.2) is 0 Å². The van der Waals surface area contributed by atoms with Crippen LogP contribution < -0.4 is 10.1 Å². The van der Waals surface area contributed by atoms with Gasteiger partial charge in [0.05, 0.1) is 6.61 Å². The van der Waals surface area contributed by atoms with Gasteiger partial charge in [0.2, 0.25) is 11.8 Å². The number of hydrogen-bond donors (Lipinski definition) is 1. The van der Waals surface area contributed by atoms with E-state index in [0.717, 1.165) is 17.7 Å². The van der Waals surface area contributed by atoms with Crippen molar-refractivity contribution in [3.05, 3.63) is 65.7 Å². The molecule has 0 unspecified atom stereocenters. The monoisotopic (exact) mass is 424 g/mol. The van der Waals surface area contributed by atoms with Crippen molar-refractivity contribution in [3.63, 3.8) is 0 Å². The number of ether oxygens (including phenoxy) is 1. The summed E-state index contributed by atoms with van der Waals surface area (Å²) in [6.07, 6.45) is 2.52. The van der Waals surface area contributed by atoms with Gasteiger partial charge in [0, 0.05) is 19.0 Å². The lowest BCUT2D eigenvalue weighted by Crippen LogP contribution is -2.50. The maximum Gasteiger partial charge on any atom is 0.242 e. The summed E-state index contributed by atoms with van der Waals surface area (Å²) in [4.78, 5) is 27.4.